The third-order valence-electron chi connectivity index (χ3n) is 2.44. The highest BCUT2D eigenvalue weighted by molar-refractivity contribution is 7.90. The summed E-state index contributed by atoms with van der Waals surface area (Å²) in [6.45, 7) is 5.25. The van der Waals surface area contributed by atoms with Crippen LogP contribution in [0.1, 0.15) is 40.0 Å². The number of nitrogens with two attached hydrogens (primary N) is 1. The summed E-state index contributed by atoms with van der Waals surface area (Å²) in [7, 11) is -3.51. The number of amides is 1. The molecule has 0 heterocycles. The van der Waals surface area contributed by atoms with Crippen molar-refractivity contribution in [1.29, 1.82) is 0 Å². The van der Waals surface area contributed by atoms with E-state index in [1.807, 2.05) is 4.72 Å². The Morgan fingerprint density at radius 3 is 2.07 bits per heavy atom. The summed E-state index contributed by atoms with van der Waals surface area (Å²) in [4.78, 5) is 11.6. The first-order valence-corrected chi connectivity index (χ1v) is 6.80. The van der Waals surface area contributed by atoms with Gasteiger partial charge in [-0.2, -0.15) is 0 Å². The molecule has 3 N–H and O–H groups in total. The van der Waals surface area contributed by atoms with Gasteiger partial charge in [0.25, 0.3) is 5.91 Å². The van der Waals surface area contributed by atoms with Crippen LogP contribution >= 0.6 is 0 Å². The summed E-state index contributed by atoms with van der Waals surface area (Å²) in [5.41, 5.74) is 4.68. The topological polar surface area (TPSA) is 89.3 Å². The lowest BCUT2D eigenvalue weighted by Crippen LogP contribution is -2.54. The number of carbonyl (C=O) groups excluding carboxylic acids is 1. The Morgan fingerprint density at radius 1 is 1.27 bits per heavy atom. The lowest BCUT2D eigenvalue weighted by atomic mass is 9.94. The molecule has 0 aliphatic heterocycles. The van der Waals surface area contributed by atoms with E-state index in [2.05, 4.69) is 0 Å². The predicted octanol–water partition coefficient (Wildman–Crippen LogP) is 0.360. The van der Waals surface area contributed by atoms with Gasteiger partial charge >= 0.3 is 0 Å². The number of carbonyl (C=O) groups is 1. The highest BCUT2D eigenvalue weighted by Gasteiger charge is 2.32. The molecule has 0 fully saturated rings. The van der Waals surface area contributed by atoms with E-state index in [9.17, 15) is 13.2 Å². The van der Waals surface area contributed by atoms with Crippen molar-refractivity contribution in [2.45, 2.75) is 45.6 Å². The Hall–Kier alpha value is -0.620. The number of sulfonamides is 1. The van der Waals surface area contributed by atoms with Crippen molar-refractivity contribution in [3.63, 3.8) is 0 Å². The van der Waals surface area contributed by atoms with E-state index in [1.165, 1.54) is 0 Å². The molecule has 5 nitrogen and oxygen atoms in total. The summed E-state index contributed by atoms with van der Waals surface area (Å²) in [5.74, 6) is -0.664. The van der Waals surface area contributed by atoms with Crippen molar-refractivity contribution in [2.24, 2.45) is 5.73 Å². The van der Waals surface area contributed by atoms with Crippen LogP contribution in [0.4, 0.5) is 0 Å². The van der Waals surface area contributed by atoms with Gasteiger partial charge in [-0.15, -0.1) is 0 Å². The molecule has 0 aliphatic carbocycles. The van der Waals surface area contributed by atoms with E-state index in [-0.39, 0.29) is 5.75 Å². The maximum absolute atomic E-state index is 11.6. The fraction of sp³-hybridized carbons (Fsp3) is 0.889. The number of nitrogens with one attached hydrogen (secondary N) is 1. The van der Waals surface area contributed by atoms with Crippen LogP contribution in [0, 0.1) is 0 Å². The third-order valence-corrected chi connectivity index (χ3v) is 3.88. The maximum atomic E-state index is 11.6. The van der Waals surface area contributed by atoms with Gasteiger partial charge in [0.05, 0.1) is 11.3 Å². The van der Waals surface area contributed by atoms with Crippen LogP contribution in [-0.4, -0.2) is 25.6 Å². The van der Waals surface area contributed by atoms with Gasteiger partial charge in [0.2, 0.25) is 10.0 Å². The molecule has 0 aromatic rings. The zero-order valence-electron chi connectivity index (χ0n) is 9.54. The smallest absolute Gasteiger partial charge is 0.253 e. The van der Waals surface area contributed by atoms with Gasteiger partial charge in [0, 0.05) is 0 Å². The lowest BCUT2D eigenvalue weighted by Gasteiger charge is -2.24. The van der Waals surface area contributed by atoms with Crippen molar-refractivity contribution in [3.8, 4) is 0 Å². The first-order valence-electron chi connectivity index (χ1n) is 5.15. The van der Waals surface area contributed by atoms with E-state index in [0.717, 1.165) is 0 Å². The van der Waals surface area contributed by atoms with Crippen molar-refractivity contribution in [3.05, 3.63) is 0 Å². The normalized spacial score (nSPS) is 12.5. The Labute approximate surface area is 91.5 Å². The molecule has 6 heteroatoms. The second kappa shape index (κ2) is 5.46. The molecule has 0 aliphatic rings. The Kier molecular flexibility index (Phi) is 5.23. The molecule has 0 aromatic heterocycles. The van der Waals surface area contributed by atoms with E-state index in [1.54, 1.807) is 20.8 Å². The van der Waals surface area contributed by atoms with E-state index in [4.69, 9.17) is 5.73 Å². The van der Waals surface area contributed by atoms with Gasteiger partial charge in [-0.1, -0.05) is 20.8 Å². The minimum absolute atomic E-state index is 0.0533. The first kappa shape index (κ1) is 14.4. The van der Waals surface area contributed by atoms with Crippen LogP contribution in [0.3, 0.4) is 0 Å². The molecule has 0 unspecified atom stereocenters. The first-order chi connectivity index (χ1) is 6.81. The van der Waals surface area contributed by atoms with Crippen LogP contribution in [0.5, 0.6) is 0 Å². The molecule has 1 amide bonds. The number of hydrogen-bond acceptors (Lipinski definition) is 4. The van der Waals surface area contributed by atoms with Crippen LogP contribution in [-0.2, 0) is 14.8 Å². The average Bonchev–Trinajstić information content (AvgIpc) is 2.15. The van der Waals surface area contributed by atoms with E-state index in [0.29, 0.717) is 19.3 Å². The SMILES string of the molecule is CCCS(=O)(=O)NC(=O)C(N)(CC)CC. The molecular formula is C9H20N2O3S. The van der Waals surface area contributed by atoms with Gasteiger partial charge in [-0.25, -0.2) is 8.42 Å². The summed E-state index contributed by atoms with van der Waals surface area (Å²) in [5, 5.41) is 0. The molecule has 0 spiro atoms. The van der Waals surface area contributed by atoms with E-state index < -0.39 is 21.5 Å². The zero-order valence-corrected chi connectivity index (χ0v) is 10.4. The second-order valence-corrected chi connectivity index (χ2v) is 5.46. The van der Waals surface area contributed by atoms with Gasteiger partial charge in [0.1, 0.15) is 0 Å². The van der Waals surface area contributed by atoms with Gasteiger partial charge < -0.3 is 5.73 Å². The van der Waals surface area contributed by atoms with Gasteiger partial charge in [-0.3, -0.25) is 9.52 Å². The Bertz CT molecular complexity index is 307. The predicted molar refractivity (Wildman–Crippen MR) is 59.7 cm³/mol. The average molecular weight is 236 g/mol. The fourth-order valence-electron chi connectivity index (χ4n) is 1.13. The molecule has 0 saturated carbocycles. The van der Waals surface area contributed by atoms with Gasteiger partial charge in [0.15, 0.2) is 0 Å². The molecule has 0 atom stereocenters. The van der Waals surface area contributed by atoms with E-state index >= 15 is 0 Å². The summed E-state index contributed by atoms with van der Waals surface area (Å²) < 4.78 is 24.7. The monoisotopic (exact) mass is 236 g/mol. The maximum Gasteiger partial charge on any atom is 0.253 e. The second-order valence-electron chi connectivity index (χ2n) is 3.61. The molecule has 0 saturated heterocycles. The Morgan fingerprint density at radius 2 is 1.73 bits per heavy atom. The molecule has 0 radical (unpaired) electrons. The summed E-state index contributed by atoms with van der Waals surface area (Å²) in [6.07, 6.45) is 1.30. The Balaban J connectivity index is 4.62. The molecule has 0 rings (SSSR count). The summed E-state index contributed by atoms with van der Waals surface area (Å²) >= 11 is 0. The molecule has 90 valence electrons. The van der Waals surface area contributed by atoms with Crippen molar-refractivity contribution in [1.82, 2.24) is 4.72 Å². The molecule has 0 bridgehead atoms. The largest absolute Gasteiger partial charge is 0.317 e. The third kappa shape index (κ3) is 4.17. The number of rotatable bonds is 6. The molecule has 0 aromatic carbocycles. The summed E-state index contributed by atoms with van der Waals surface area (Å²) in [6, 6.07) is 0. The minimum atomic E-state index is -3.51. The molecule has 15 heavy (non-hydrogen) atoms. The fourth-order valence-corrected chi connectivity index (χ4v) is 2.26. The van der Waals surface area contributed by atoms with Crippen molar-refractivity contribution < 1.29 is 13.2 Å². The van der Waals surface area contributed by atoms with Gasteiger partial charge in [-0.05, 0) is 19.3 Å². The highest BCUT2D eigenvalue weighted by atomic mass is 32.2. The lowest BCUT2D eigenvalue weighted by molar-refractivity contribution is -0.124. The standard InChI is InChI=1S/C9H20N2O3S/c1-4-7-15(13,14)11-8(12)9(10,5-2)6-3/h4-7,10H2,1-3H3,(H,11,12). The highest BCUT2D eigenvalue weighted by Crippen LogP contribution is 2.11. The minimum Gasteiger partial charge on any atom is -0.317 e. The van der Waals surface area contributed by atoms with Crippen LogP contribution in [0.15, 0.2) is 0 Å². The van der Waals surface area contributed by atoms with Crippen molar-refractivity contribution >= 4 is 15.9 Å². The quantitative estimate of drug-likeness (QED) is 0.697. The van der Waals surface area contributed by atoms with Crippen LogP contribution < -0.4 is 10.5 Å². The number of hydrogen-bond donors (Lipinski definition) is 2. The molecular weight excluding hydrogens is 216 g/mol. The van der Waals surface area contributed by atoms with Crippen LogP contribution in [0.25, 0.3) is 0 Å². The zero-order chi connectivity index (χ0) is 12.1. The van der Waals surface area contributed by atoms with Crippen LogP contribution in [0.2, 0.25) is 0 Å². The van der Waals surface area contributed by atoms with Crippen molar-refractivity contribution in [2.75, 3.05) is 5.75 Å².